The first kappa shape index (κ1) is 16.8. The summed E-state index contributed by atoms with van der Waals surface area (Å²) in [7, 11) is 0. The van der Waals surface area contributed by atoms with Gasteiger partial charge in [-0.15, -0.1) is 0 Å². The van der Waals surface area contributed by atoms with Crippen LogP contribution in [0.1, 0.15) is 17.4 Å². The average Bonchev–Trinajstić information content (AvgIpc) is 2.43. The van der Waals surface area contributed by atoms with Gasteiger partial charge in [0, 0.05) is 22.8 Å². The minimum atomic E-state index is -4.56. The molecule has 0 radical (unpaired) electrons. The molecule has 1 heterocycles. The van der Waals surface area contributed by atoms with Gasteiger partial charge in [0.2, 0.25) is 5.95 Å². The number of benzene rings is 1. The third kappa shape index (κ3) is 4.46. The zero-order chi connectivity index (χ0) is 16.3. The summed E-state index contributed by atoms with van der Waals surface area (Å²) < 4.78 is 37.6. The third-order valence-electron chi connectivity index (χ3n) is 2.67. The van der Waals surface area contributed by atoms with Crippen molar-refractivity contribution in [2.24, 2.45) is 0 Å². The van der Waals surface area contributed by atoms with E-state index in [2.05, 4.69) is 15.3 Å². The number of hydrogen-bond acceptors (Lipinski definition) is 4. The van der Waals surface area contributed by atoms with Crippen molar-refractivity contribution in [2.45, 2.75) is 12.3 Å². The number of anilines is 1. The Morgan fingerprint density at radius 1 is 1.18 bits per heavy atom. The van der Waals surface area contributed by atoms with Gasteiger partial charge in [0.1, 0.15) is 5.69 Å². The predicted octanol–water partition coefficient (Wildman–Crippen LogP) is 3.95. The van der Waals surface area contributed by atoms with Gasteiger partial charge in [-0.05, 0) is 29.8 Å². The lowest BCUT2D eigenvalue weighted by atomic mass is 10.1. The van der Waals surface area contributed by atoms with Gasteiger partial charge in [-0.2, -0.15) is 13.2 Å². The van der Waals surface area contributed by atoms with Gasteiger partial charge in [-0.3, -0.25) is 0 Å². The van der Waals surface area contributed by atoms with E-state index in [-0.39, 0.29) is 12.5 Å². The third-order valence-corrected chi connectivity index (χ3v) is 3.11. The zero-order valence-electron chi connectivity index (χ0n) is 10.9. The molecule has 1 aromatic heterocycles. The summed E-state index contributed by atoms with van der Waals surface area (Å²) in [5.41, 5.74) is -0.637. The molecule has 1 atom stereocenters. The second-order valence-electron chi connectivity index (χ2n) is 4.36. The van der Waals surface area contributed by atoms with Crippen molar-refractivity contribution < 1.29 is 18.3 Å². The Morgan fingerprint density at radius 2 is 1.82 bits per heavy atom. The number of hydrogen-bond donors (Lipinski definition) is 2. The van der Waals surface area contributed by atoms with E-state index in [0.29, 0.717) is 15.6 Å². The Morgan fingerprint density at radius 3 is 2.41 bits per heavy atom. The van der Waals surface area contributed by atoms with Gasteiger partial charge in [0.25, 0.3) is 0 Å². The van der Waals surface area contributed by atoms with Crippen molar-refractivity contribution >= 4 is 29.2 Å². The fourth-order valence-electron chi connectivity index (χ4n) is 1.68. The molecule has 0 amide bonds. The Hall–Kier alpha value is -1.57. The smallest absolute Gasteiger partial charge is 0.387 e. The maximum absolute atomic E-state index is 12.5. The molecular formula is C13H10Cl2F3N3O. The summed E-state index contributed by atoms with van der Waals surface area (Å²) in [5, 5.41) is 13.2. The first-order valence-corrected chi connectivity index (χ1v) is 6.79. The van der Waals surface area contributed by atoms with Crippen LogP contribution in [0.2, 0.25) is 10.0 Å². The number of aliphatic hydroxyl groups is 1. The summed E-state index contributed by atoms with van der Waals surface area (Å²) in [6.45, 7) is -0.0992. The molecule has 2 rings (SSSR count). The molecule has 1 aromatic carbocycles. The van der Waals surface area contributed by atoms with Crippen molar-refractivity contribution in [1.29, 1.82) is 0 Å². The van der Waals surface area contributed by atoms with Crippen LogP contribution < -0.4 is 5.32 Å². The molecule has 0 aliphatic rings. The number of aromatic nitrogens is 2. The van der Waals surface area contributed by atoms with E-state index in [4.69, 9.17) is 23.2 Å². The van der Waals surface area contributed by atoms with Crippen LogP contribution in [-0.4, -0.2) is 21.6 Å². The first-order chi connectivity index (χ1) is 10.3. The van der Waals surface area contributed by atoms with Crippen molar-refractivity contribution in [1.82, 2.24) is 9.97 Å². The van der Waals surface area contributed by atoms with Crippen LogP contribution >= 0.6 is 23.2 Å². The molecule has 2 N–H and O–H groups in total. The van der Waals surface area contributed by atoms with Gasteiger partial charge in [-0.1, -0.05) is 23.2 Å². The largest absolute Gasteiger partial charge is 0.433 e. The number of nitrogens with zero attached hydrogens (tertiary/aromatic N) is 2. The highest BCUT2D eigenvalue weighted by atomic mass is 35.5. The zero-order valence-corrected chi connectivity index (χ0v) is 12.4. The van der Waals surface area contributed by atoms with E-state index in [1.165, 1.54) is 18.2 Å². The van der Waals surface area contributed by atoms with Crippen LogP contribution in [0.4, 0.5) is 19.1 Å². The Balaban J connectivity index is 2.06. The molecule has 118 valence electrons. The fourth-order valence-corrected chi connectivity index (χ4v) is 2.22. The van der Waals surface area contributed by atoms with Gasteiger partial charge < -0.3 is 10.4 Å². The number of aliphatic hydroxyl groups excluding tert-OH is 1. The molecule has 0 aliphatic heterocycles. The van der Waals surface area contributed by atoms with Crippen molar-refractivity contribution in [3.63, 3.8) is 0 Å². The second-order valence-corrected chi connectivity index (χ2v) is 5.24. The van der Waals surface area contributed by atoms with E-state index in [1.54, 1.807) is 0 Å². The molecule has 4 nitrogen and oxygen atoms in total. The molecule has 0 bridgehead atoms. The molecule has 0 spiro atoms. The van der Waals surface area contributed by atoms with E-state index in [0.717, 1.165) is 12.3 Å². The summed E-state index contributed by atoms with van der Waals surface area (Å²) in [6.07, 6.45) is -4.60. The van der Waals surface area contributed by atoms with Crippen LogP contribution in [0, 0.1) is 0 Å². The van der Waals surface area contributed by atoms with Crippen LogP contribution in [0.25, 0.3) is 0 Å². The SMILES string of the molecule is OC(CNc1nccc(C(F)(F)F)n1)c1cc(Cl)cc(Cl)c1. The van der Waals surface area contributed by atoms with Crippen LogP contribution in [0.3, 0.4) is 0 Å². The monoisotopic (exact) mass is 351 g/mol. The molecular weight excluding hydrogens is 342 g/mol. The molecule has 0 saturated heterocycles. The van der Waals surface area contributed by atoms with Gasteiger partial charge >= 0.3 is 6.18 Å². The maximum Gasteiger partial charge on any atom is 0.433 e. The molecule has 0 saturated carbocycles. The predicted molar refractivity (Wildman–Crippen MR) is 76.9 cm³/mol. The van der Waals surface area contributed by atoms with E-state index < -0.39 is 18.0 Å². The highest BCUT2D eigenvalue weighted by Crippen LogP contribution is 2.28. The maximum atomic E-state index is 12.5. The van der Waals surface area contributed by atoms with Gasteiger partial charge in [0.15, 0.2) is 0 Å². The van der Waals surface area contributed by atoms with Crippen molar-refractivity contribution in [3.05, 3.63) is 51.8 Å². The van der Waals surface area contributed by atoms with Crippen LogP contribution in [0.5, 0.6) is 0 Å². The van der Waals surface area contributed by atoms with E-state index in [1.807, 2.05) is 0 Å². The lowest BCUT2D eigenvalue weighted by Gasteiger charge is -2.13. The normalized spacial score (nSPS) is 13.0. The van der Waals surface area contributed by atoms with Crippen molar-refractivity contribution in [3.8, 4) is 0 Å². The molecule has 9 heteroatoms. The first-order valence-electron chi connectivity index (χ1n) is 6.04. The molecule has 0 aliphatic carbocycles. The lowest BCUT2D eigenvalue weighted by molar-refractivity contribution is -0.141. The summed E-state index contributed by atoms with van der Waals surface area (Å²) in [6, 6.07) is 5.28. The minimum absolute atomic E-state index is 0.0992. The lowest BCUT2D eigenvalue weighted by Crippen LogP contribution is -2.16. The molecule has 0 fully saturated rings. The Labute approximate surface area is 133 Å². The van der Waals surface area contributed by atoms with Gasteiger partial charge in [0.05, 0.1) is 6.10 Å². The second kappa shape index (κ2) is 6.68. The van der Waals surface area contributed by atoms with Gasteiger partial charge in [-0.25, -0.2) is 9.97 Å². The Bertz CT molecular complexity index is 647. The van der Waals surface area contributed by atoms with E-state index in [9.17, 15) is 18.3 Å². The van der Waals surface area contributed by atoms with Crippen LogP contribution in [-0.2, 0) is 6.18 Å². The summed E-state index contributed by atoms with van der Waals surface area (Å²) >= 11 is 11.6. The van der Waals surface area contributed by atoms with Crippen LogP contribution in [0.15, 0.2) is 30.5 Å². The fraction of sp³-hybridized carbons (Fsp3) is 0.231. The summed E-state index contributed by atoms with van der Waals surface area (Å²) in [4.78, 5) is 7.00. The van der Waals surface area contributed by atoms with Crippen molar-refractivity contribution in [2.75, 3.05) is 11.9 Å². The van der Waals surface area contributed by atoms with E-state index >= 15 is 0 Å². The number of nitrogens with one attached hydrogen (secondary N) is 1. The number of halogens is 5. The molecule has 22 heavy (non-hydrogen) atoms. The minimum Gasteiger partial charge on any atom is -0.387 e. The number of alkyl halides is 3. The Kier molecular flexibility index (Phi) is 5.10. The quantitative estimate of drug-likeness (QED) is 0.875. The number of rotatable bonds is 4. The average molecular weight is 352 g/mol. The topological polar surface area (TPSA) is 58.0 Å². The standard InChI is InChI=1S/C13H10Cl2F3N3O/c14-8-3-7(4-9(15)5-8)10(22)6-20-12-19-2-1-11(21-12)13(16,17)18/h1-5,10,22H,6H2,(H,19,20,21). The summed E-state index contributed by atoms with van der Waals surface area (Å²) in [5.74, 6) is -0.234. The highest BCUT2D eigenvalue weighted by molar-refractivity contribution is 6.34. The molecule has 2 aromatic rings. The highest BCUT2D eigenvalue weighted by Gasteiger charge is 2.32. The molecule has 1 unspecified atom stereocenters.